The molecular formula is C35H75BCl2N4O6. The van der Waals surface area contributed by atoms with Crippen LogP contribution >= 0.6 is 23.2 Å². The number of benzene rings is 1. The van der Waals surface area contributed by atoms with Crippen LogP contribution in [-0.4, -0.2) is 143 Å². The first-order valence-electron chi connectivity index (χ1n) is 17.7. The van der Waals surface area contributed by atoms with Gasteiger partial charge in [0, 0.05) is 0 Å². The fraction of sp³-hybridized carbons (Fsp3) is 0.800. The number of carboxylic acid groups (broad SMARTS) is 1. The molecule has 0 spiro atoms. The average molecular weight is 730 g/mol. The zero-order valence-corrected chi connectivity index (χ0v) is 35.3. The Bertz CT molecular complexity index is 805. The largest absolute Gasteiger partial charge is 0.907 e. The molecule has 13 heteroatoms. The molecule has 1 aromatic carbocycles. The Hall–Kier alpha value is -1.15. The molecule has 0 radical (unpaired) electrons. The number of hydrogen-bond donors (Lipinski definition) is 1. The molecule has 1 N–H and O–H groups in total. The van der Waals surface area contributed by atoms with E-state index in [-0.39, 0.29) is 15.6 Å². The number of carboxylic acids is 1. The van der Waals surface area contributed by atoms with Crippen molar-refractivity contribution in [2.45, 2.75) is 83.1 Å². The van der Waals surface area contributed by atoms with Gasteiger partial charge >= 0.3 is 5.97 Å². The topological polar surface area (TPSA) is 130 Å². The van der Waals surface area contributed by atoms with Crippen LogP contribution in [0, 0.1) is 0 Å². The van der Waals surface area contributed by atoms with Crippen molar-refractivity contribution in [3.8, 4) is 5.75 Å². The Labute approximate surface area is 307 Å². The minimum Gasteiger partial charge on any atom is -0.907 e. The van der Waals surface area contributed by atoms with Crippen molar-refractivity contribution in [1.29, 1.82) is 0 Å². The summed E-state index contributed by atoms with van der Waals surface area (Å²) >= 11 is 10.9. The minimum absolute atomic E-state index is 0.0617. The summed E-state index contributed by atoms with van der Waals surface area (Å²) in [5, 5.41) is 44.6. The van der Waals surface area contributed by atoms with Gasteiger partial charge in [0.05, 0.1) is 122 Å². The molecule has 0 heterocycles. The highest BCUT2D eigenvalue weighted by Gasteiger charge is 2.13. The van der Waals surface area contributed by atoms with Crippen LogP contribution < -0.4 is 20.2 Å². The van der Waals surface area contributed by atoms with Crippen molar-refractivity contribution in [3.63, 3.8) is 0 Å². The zero-order chi connectivity index (χ0) is 39.4. The Morgan fingerprint density at radius 2 is 0.750 bits per heavy atom. The van der Waals surface area contributed by atoms with Crippen LogP contribution in [0.2, 0.25) is 10.0 Å². The first kappa shape index (κ1) is 56.2. The number of aromatic carboxylic acids is 1. The second-order valence-corrected chi connectivity index (χ2v) is 13.4. The number of nitrogens with zero attached hydrogens (tertiary/aromatic N) is 4. The smallest absolute Gasteiger partial charge is 0.335 e. The van der Waals surface area contributed by atoms with Crippen molar-refractivity contribution >= 4 is 36.5 Å². The maximum Gasteiger partial charge on any atom is 0.335 e. The van der Waals surface area contributed by atoms with Crippen molar-refractivity contribution in [1.82, 2.24) is 0 Å². The molecule has 0 aliphatic heterocycles. The van der Waals surface area contributed by atoms with E-state index in [1.807, 2.05) is 0 Å². The van der Waals surface area contributed by atoms with Gasteiger partial charge in [-0.1, -0.05) is 29.0 Å². The third kappa shape index (κ3) is 27.7. The van der Waals surface area contributed by atoms with E-state index < -0.39 is 19.0 Å². The molecule has 0 unspecified atom stereocenters. The summed E-state index contributed by atoms with van der Waals surface area (Å²) in [5.41, 5.74) is -0.371. The summed E-state index contributed by atoms with van der Waals surface area (Å²) in [6.07, 6.45) is 0. The molecule has 0 atom stereocenters. The number of carbonyl (C=O) groups is 1. The molecule has 0 aromatic heterocycles. The van der Waals surface area contributed by atoms with Crippen LogP contribution in [0.3, 0.4) is 0 Å². The van der Waals surface area contributed by atoms with Gasteiger partial charge in [0.2, 0.25) is 0 Å². The van der Waals surface area contributed by atoms with E-state index in [1.54, 1.807) is 0 Å². The molecule has 0 saturated heterocycles. The molecule has 0 fully saturated rings. The van der Waals surface area contributed by atoms with Gasteiger partial charge < -0.3 is 43.2 Å². The first-order valence-corrected chi connectivity index (χ1v) is 18.5. The van der Waals surface area contributed by atoms with Gasteiger partial charge in [-0.15, -0.1) is 0 Å². The van der Waals surface area contributed by atoms with Gasteiger partial charge in [-0.3, -0.25) is 7.32 Å². The average Bonchev–Trinajstić information content (AvgIpc) is 3.09. The van der Waals surface area contributed by atoms with E-state index in [2.05, 4.69) is 111 Å². The third-order valence-corrected chi connectivity index (χ3v) is 11.2. The highest BCUT2D eigenvalue weighted by atomic mass is 35.5. The first-order chi connectivity index (χ1) is 22.0. The maximum atomic E-state index is 11.0. The highest BCUT2D eigenvalue weighted by Crippen LogP contribution is 2.31. The predicted molar refractivity (Wildman–Crippen MR) is 200 cm³/mol. The molecule has 0 bridgehead atoms. The van der Waals surface area contributed by atoms with Gasteiger partial charge in [0.25, 0.3) is 0 Å². The number of hydrogen-bond acceptors (Lipinski definition) is 5. The van der Waals surface area contributed by atoms with Gasteiger partial charge in [0.15, 0.2) is 0 Å². The monoisotopic (exact) mass is 729 g/mol. The molecule has 0 saturated carbocycles. The maximum absolute atomic E-state index is 11.0. The van der Waals surface area contributed by atoms with Gasteiger partial charge in [0.1, 0.15) is 0 Å². The normalized spacial score (nSPS) is 11.0. The lowest BCUT2D eigenvalue weighted by atomic mass is 10.2. The van der Waals surface area contributed by atoms with Crippen LogP contribution in [0.5, 0.6) is 5.75 Å². The lowest BCUT2D eigenvalue weighted by Gasteiger charge is -2.35. The summed E-state index contributed by atoms with van der Waals surface area (Å²) < 4.78 is 4.83. The van der Waals surface area contributed by atoms with Gasteiger partial charge in [-0.25, -0.2) is 4.79 Å². The Morgan fingerprint density at radius 3 is 0.875 bits per heavy atom. The number of quaternary nitrogens is 4. The van der Waals surface area contributed by atoms with Crippen molar-refractivity contribution < 1.29 is 48.0 Å². The van der Waals surface area contributed by atoms with Crippen molar-refractivity contribution in [3.05, 3.63) is 27.7 Å². The van der Waals surface area contributed by atoms with E-state index in [4.69, 9.17) is 43.4 Å². The van der Waals surface area contributed by atoms with Crippen LogP contribution in [0.25, 0.3) is 0 Å². The van der Waals surface area contributed by atoms with Crippen molar-refractivity contribution in [2.24, 2.45) is 0 Å². The number of halogens is 2. The Kier molecular flexibility index (Phi) is 35.9. The molecule has 1 aromatic rings. The van der Waals surface area contributed by atoms with Crippen LogP contribution in [0.15, 0.2) is 12.1 Å². The molecule has 0 aliphatic carbocycles. The van der Waals surface area contributed by atoms with E-state index in [1.165, 1.54) is 103 Å². The fourth-order valence-corrected chi connectivity index (χ4v) is 3.70. The zero-order valence-electron chi connectivity index (χ0n) is 33.8. The molecule has 288 valence electrons. The summed E-state index contributed by atoms with van der Waals surface area (Å²) in [6, 6.07) is 2.40. The SMILES string of the molecule is CC[N+](C)(CC)CC.CC[N+](C)(CC)CC.CC[N+](C)(CC)CC.CC[N+](C)(CC)CC.O=C(O)c1ccc(Cl)c(Cl)c1[O-].[O-]B([O-])[O-]. The summed E-state index contributed by atoms with van der Waals surface area (Å²) in [4.78, 5) is 10.4. The van der Waals surface area contributed by atoms with Gasteiger partial charge in [-0.05, 0) is 95.2 Å². The molecule has 0 amide bonds. The summed E-state index contributed by atoms with van der Waals surface area (Å²) in [5.74, 6) is -2.06. The molecule has 1 rings (SSSR count). The molecular weight excluding hydrogens is 654 g/mol. The van der Waals surface area contributed by atoms with Crippen LogP contribution in [-0.2, 0) is 0 Å². The second-order valence-electron chi connectivity index (χ2n) is 12.6. The van der Waals surface area contributed by atoms with Crippen LogP contribution in [0.1, 0.15) is 93.4 Å². The lowest BCUT2D eigenvalue weighted by Crippen LogP contribution is -2.56. The van der Waals surface area contributed by atoms with Gasteiger partial charge in [-0.2, -0.15) is 0 Å². The lowest BCUT2D eigenvalue weighted by molar-refractivity contribution is -0.904. The standard InChI is InChI=1S/C7H4Cl2O3.4C7H18N.BO3/c8-4-2-1-3(7(11)12)6(10)5(4)9;4*1-5-8(4,6-2)7-3;2-1(3)4/h1-2,10H,(H,11,12);4*5-7H2,1-4H3;/q;4*+1;-3/p-1. The molecule has 10 nitrogen and oxygen atoms in total. The fourth-order valence-electron chi connectivity index (χ4n) is 3.38. The van der Waals surface area contributed by atoms with E-state index in [9.17, 15) is 9.90 Å². The predicted octanol–water partition coefficient (Wildman–Crippen LogP) is 3.79. The third-order valence-electron chi connectivity index (χ3n) is 10.4. The molecule has 48 heavy (non-hydrogen) atoms. The van der Waals surface area contributed by atoms with Crippen molar-refractivity contribution in [2.75, 3.05) is 107 Å². The quantitative estimate of drug-likeness (QED) is 0.243. The van der Waals surface area contributed by atoms with Crippen LogP contribution in [0.4, 0.5) is 0 Å². The van der Waals surface area contributed by atoms with E-state index in [0.717, 1.165) is 6.07 Å². The van der Waals surface area contributed by atoms with E-state index >= 15 is 0 Å². The number of rotatable bonds is 13. The summed E-state index contributed by atoms with van der Waals surface area (Å²) in [6.45, 7) is 42.0. The Morgan fingerprint density at radius 1 is 0.562 bits per heavy atom. The van der Waals surface area contributed by atoms with E-state index in [0.29, 0.717) is 0 Å². The highest BCUT2D eigenvalue weighted by molar-refractivity contribution is 6.43. The molecule has 0 aliphatic rings. The second kappa shape index (κ2) is 30.7. The summed E-state index contributed by atoms with van der Waals surface area (Å²) in [7, 11) is 6.25. The Balaban J connectivity index is -0.000000158. The minimum atomic E-state index is -2.92.